The molecule has 2 aromatic heterocycles. The summed E-state index contributed by atoms with van der Waals surface area (Å²) in [6.45, 7) is 10.6. The van der Waals surface area contributed by atoms with Crippen LogP contribution in [0.4, 0.5) is 0 Å². The van der Waals surface area contributed by atoms with Crippen molar-refractivity contribution < 1.29 is 4.79 Å². The first-order chi connectivity index (χ1) is 12.0. The van der Waals surface area contributed by atoms with Crippen molar-refractivity contribution in [1.29, 1.82) is 0 Å². The molecule has 2 aromatic rings. The molecule has 7 nitrogen and oxygen atoms in total. The third-order valence-corrected chi connectivity index (χ3v) is 4.77. The first-order valence-electron chi connectivity index (χ1n) is 8.78. The van der Waals surface area contributed by atoms with Crippen LogP contribution < -0.4 is 10.6 Å². The minimum Gasteiger partial charge on any atom is -0.352 e. The Balaban J connectivity index is 0.00000182. The van der Waals surface area contributed by atoms with E-state index in [0.717, 1.165) is 42.4 Å². The number of aromatic nitrogens is 4. The lowest BCUT2D eigenvalue weighted by atomic mass is 9.96. The molecular weight excluding hydrogens is 387 g/mol. The smallest absolute Gasteiger partial charge is 0.224 e. The topological polar surface area (TPSA) is 84.7 Å². The van der Waals surface area contributed by atoms with Crippen LogP contribution in [-0.4, -0.2) is 32.2 Å². The lowest BCUT2D eigenvalue weighted by molar-refractivity contribution is -0.125. The number of fused-ring (bicyclic) bond motifs is 1. The van der Waals surface area contributed by atoms with Gasteiger partial charge in [-0.1, -0.05) is 6.92 Å². The second-order valence-corrected chi connectivity index (χ2v) is 6.76. The lowest BCUT2D eigenvalue weighted by Crippen LogP contribution is -2.33. The first kappa shape index (κ1) is 23.3. The fraction of sp³-hybridized carbons (Fsp3) is 0.556. The van der Waals surface area contributed by atoms with Crippen molar-refractivity contribution in [2.75, 3.05) is 6.54 Å². The predicted molar refractivity (Wildman–Crippen MR) is 109 cm³/mol. The van der Waals surface area contributed by atoms with Gasteiger partial charge in [-0.2, -0.15) is 5.10 Å². The molecule has 0 aliphatic carbocycles. The Hall–Kier alpha value is -1.70. The van der Waals surface area contributed by atoms with E-state index in [1.807, 2.05) is 33.9 Å². The van der Waals surface area contributed by atoms with E-state index in [1.54, 1.807) is 4.68 Å². The van der Waals surface area contributed by atoms with Gasteiger partial charge >= 0.3 is 0 Å². The molecule has 0 spiro atoms. The molecule has 3 rings (SSSR count). The van der Waals surface area contributed by atoms with Gasteiger partial charge in [-0.3, -0.25) is 9.78 Å². The quantitative estimate of drug-likeness (QED) is 0.781. The van der Waals surface area contributed by atoms with E-state index in [9.17, 15) is 4.79 Å². The largest absolute Gasteiger partial charge is 0.352 e. The molecule has 0 fully saturated rings. The van der Waals surface area contributed by atoms with Crippen LogP contribution in [0.15, 0.2) is 6.20 Å². The van der Waals surface area contributed by atoms with Gasteiger partial charge in [0.05, 0.1) is 12.5 Å². The highest BCUT2D eigenvalue weighted by atomic mass is 35.5. The number of pyridine rings is 1. The number of hydrogen-bond acceptors (Lipinski definition) is 5. The maximum atomic E-state index is 12.5. The molecule has 0 aromatic carbocycles. The summed E-state index contributed by atoms with van der Waals surface area (Å²) < 4.78 is 1.79. The summed E-state index contributed by atoms with van der Waals surface area (Å²) in [7, 11) is 0. The van der Waals surface area contributed by atoms with Crippen LogP contribution in [-0.2, 0) is 30.8 Å². The summed E-state index contributed by atoms with van der Waals surface area (Å²) in [6.07, 6.45) is 2.93. The Bertz CT molecular complexity index is 792. The van der Waals surface area contributed by atoms with E-state index >= 15 is 0 Å². The van der Waals surface area contributed by atoms with Crippen LogP contribution in [0.1, 0.15) is 41.0 Å². The molecule has 9 heteroatoms. The fourth-order valence-electron chi connectivity index (χ4n) is 3.30. The average molecular weight is 415 g/mol. The van der Waals surface area contributed by atoms with Gasteiger partial charge in [-0.05, 0) is 50.4 Å². The van der Waals surface area contributed by atoms with Gasteiger partial charge in [0, 0.05) is 25.0 Å². The third kappa shape index (κ3) is 5.40. The minimum atomic E-state index is -0.172. The Morgan fingerprint density at radius 3 is 2.74 bits per heavy atom. The molecule has 150 valence electrons. The summed E-state index contributed by atoms with van der Waals surface area (Å²) in [6, 6.07) is 0. The molecule has 0 saturated carbocycles. The second-order valence-electron chi connectivity index (χ2n) is 6.76. The molecule has 0 bridgehead atoms. The van der Waals surface area contributed by atoms with Crippen LogP contribution in [0.5, 0.6) is 0 Å². The molecule has 27 heavy (non-hydrogen) atoms. The van der Waals surface area contributed by atoms with Crippen molar-refractivity contribution in [3.05, 3.63) is 40.2 Å². The van der Waals surface area contributed by atoms with Crippen molar-refractivity contribution >= 4 is 30.7 Å². The van der Waals surface area contributed by atoms with E-state index in [2.05, 4.69) is 25.7 Å². The summed E-state index contributed by atoms with van der Waals surface area (Å²) in [5.41, 5.74) is 4.73. The Morgan fingerprint density at radius 1 is 1.33 bits per heavy atom. The van der Waals surface area contributed by atoms with Crippen LogP contribution in [0.25, 0.3) is 0 Å². The van der Waals surface area contributed by atoms with Gasteiger partial charge in [0.2, 0.25) is 5.91 Å². The molecule has 0 saturated heterocycles. The van der Waals surface area contributed by atoms with Crippen LogP contribution in [0.2, 0.25) is 0 Å². The number of rotatable bonds is 5. The van der Waals surface area contributed by atoms with Gasteiger partial charge in [0.1, 0.15) is 11.6 Å². The molecule has 3 heterocycles. The average Bonchev–Trinajstić information content (AvgIpc) is 2.90. The molecule has 1 amide bonds. The van der Waals surface area contributed by atoms with E-state index in [-0.39, 0.29) is 36.6 Å². The maximum absolute atomic E-state index is 12.5. The normalized spacial score (nSPS) is 13.8. The van der Waals surface area contributed by atoms with Crippen LogP contribution >= 0.6 is 24.8 Å². The second kappa shape index (κ2) is 10.0. The SMILES string of the molecule is Cc1nc(C)n(CC(C)C(=O)NCc2c(C)ncc3c2CCNC3)n1.Cl.Cl. The van der Waals surface area contributed by atoms with Crippen molar-refractivity contribution in [2.45, 2.75) is 53.8 Å². The molecule has 0 radical (unpaired) electrons. The third-order valence-electron chi connectivity index (χ3n) is 4.77. The van der Waals surface area contributed by atoms with Gasteiger partial charge in [0.15, 0.2) is 0 Å². The Morgan fingerprint density at radius 2 is 2.07 bits per heavy atom. The van der Waals surface area contributed by atoms with Crippen LogP contribution in [0.3, 0.4) is 0 Å². The number of halogens is 2. The molecular formula is C18H28Cl2N6O. The summed E-state index contributed by atoms with van der Waals surface area (Å²) >= 11 is 0. The van der Waals surface area contributed by atoms with Gasteiger partial charge in [-0.15, -0.1) is 24.8 Å². The predicted octanol–water partition coefficient (Wildman–Crippen LogP) is 2.04. The molecule has 1 aliphatic heterocycles. The van der Waals surface area contributed by atoms with Gasteiger partial charge in [0.25, 0.3) is 0 Å². The molecule has 2 N–H and O–H groups in total. The number of carbonyl (C=O) groups is 1. The van der Waals surface area contributed by atoms with Crippen molar-refractivity contribution in [2.24, 2.45) is 5.92 Å². The highest BCUT2D eigenvalue weighted by Gasteiger charge is 2.19. The van der Waals surface area contributed by atoms with Gasteiger partial charge < -0.3 is 10.6 Å². The van der Waals surface area contributed by atoms with Crippen molar-refractivity contribution in [3.8, 4) is 0 Å². The number of nitrogens with zero attached hydrogens (tertiary/aromatic N) is 4. The monoisotopic (exact) mass is 414 g/mol. The molecule has 1 atom stereocenters. The lowest BCUT2D eigenvalue weighted by Gasteiger charge is -2.22. The maximum Gasteiger partial charge on any atom is 0.224 e. The van der Waals surface area contributed by atoms with E-state index < -0.39 is 0 Å². The Labute approximate surface area is 172 Å². The zero-order chi connectivity index (χ0) is 18.0. The number of carbonyl (C=O) groups excluding carboxylic acids is 1. The zero-order valence-electron chi connectivity index (χ0n) is 16.2. The highest BCUT2D eigenvalue weighted by Crippen LogP contribution is 2.20. The summed E-state index contributed by atoms with van der Waals surface area (Å²) in [5, 5.41) is 10.8. The van der Waals surface area contributed by atoms with E-state index in [4.69, 9.17) is 0 Å². The molecule has 1 unspecified atom stereocenters. The molecule has 1 aliphatic rings. The van der Waals surface area contributed by atoms with E-state index in [0.29, 0.717) is 13.1 Å². The summed E-state index contributed by atoms with van der Waals surface area (Å²) in [4.78, 5) is 21.3. The number of nitrogens with one attached hydrogen (secondary N) is 2. The van der Waals surface area contributed by atoms with E-state index in [1.165, 1.54) is 11.1 Å². The minimum absolute atomic E-state index is 0. The number of hydrogen-bond donors (Lipinski definition) is 2. The number of aryl methyl sites for hydroxylation is 3. The fourth-order valence-corrected chi connectivity index (χ4v) is 3.30. The van der Waals surface area contributed by atoms with Crippen molar-refractivity contribution in [1.82, 2.24) is 30.4 Å². The zero-order valence-corrected chi connectivity index (χ0v) is 17.8. The highest BCUT2D eigenvalue weighted by molar-refractivity contribution is 5.85. The van der Waals surface area contributed by atoms with Gasteiger partial charge in [-0.25, -0.2) is 9.67 Å². The van der Waals surface area contributed by atoms with Crippen LogP contribution in [0, 0.1) is 26.7 Å². The summed E-state index contributed by atoms with van der Waals surface area (Å²) in [5.74, 6) is 1.42. The Kier molecular flexibility index (Phi) is 8.65. The number of amides is 1. The standard InChI is InChI=1S/C18H26N6O.2ClH/c1-11(10-24-14(4)22-13(3)23-24)18(25)21-9-17-12(2)20-8-15-7-19-6-5-16(15)17;;/h8,11,19H,5-7,9-10H2,1-4H3,(H,21,25);2*1H. The van der Waals surface area contributed by atoms with Crippen molar-refractivity contribution in [3.63, 3.8) is 0 Å². The first-order valence-corrected chi connectivity index (χ1v) is 8.78.